The molecule has 2 aromatic carbocycles. The molecule has 29 heavy (non-hydrogen) atoms. The number of benzene rings is 2. The second-order valence-corrected chi connectivity index (χ2v) is 6.63. The molecule has 7 nitrogen and oxygen atoms in total. The first kappa shape index (κ1) is 20.3. The van der Waals surface area contributed by atoms with Crippen LogP contribution in [0, 0.1) is 6.92 Å². The lowest BCUT2D eigenvalue weighted by Gasteiger charge is -2.14. The minimum atomic E-state index is -0.219. The molecule has 3 rings (SSSR count). The van der Waals surface area contributed by atoms with Crippen molar-refractivity contribution in [2.24, 2.45) is 0 Å². The van der Waals surface area contributed by atoms with Gasteiger partial charge in [-0.2, -0.15) is 0 Å². The molecule has 1 heterocycles. The Labute approximate surface area is 168 Å². The highest BCUT2D eigenvalue weighted by molar-refractivity contribution is 5.91. The summed E-state index contributed by atoms with van der Waals surface area (Å²) in [6.45, 7) is 1.95. The van der Waals surface area contributed by atoms with Gasteiger partial charge in [0, 0.05) is 29.8 Å². The Hall–Kier alpha value is -3.48. The van der Waals surface area contributed by atoms with Crippen LogP contribution in [-0.2, 0) is 11.2 Å². The predicted molar refractivity (Wildman–Crippen MR) is 112 cm³/mol. The lowest BCUT2D eigenvalue weighted by molar-refractivity contribution is -0.116. The summed E-state index contributed by atoms with van der Waals surface area (Å²) in [4.78, 5) is 27.7. The fourth-order valence-corrected chi connectivity index (χ4v) is 3.24. The van der Waals surface area contributed by atoms with Crippen LogP contribution in [-0.4, -0.2) is 32.2 Å². The first-order valence-corrected chi connectivity index (χ1v) is 9.18. The Morgan fingerprint density at radius 1 is 1.03 bits per heavy atom. The predicted octanol–water partition coefficient (Wildman–Crippen LogP) is 3.43. The quantitative estimate of drug-likeness (QED) is 0.639. The number of pyridine rings is 1. The average Bonchev–Trinajstić information content (AvgIpc) is 2.72. The molecule has 0 aliphatic carbocycles. The van der Waals surface area contributed by atoms with Gasteiger partial charge in [-0.1, -0.05) is 18.2 Å². The van der Waals surface area contributed by atoms with Crippen molar-refractivity contribution in [2.75, 3.05) is 26.6 Å². The average molecular weight is 396 g/mol. The summed E-state index contributed by atoms with van der Waals surface area (Å²) in [5.41, 5.74) is 2.75. The van der Waals surface area contributed by atoms with Crippen molar-refractivity contribution in [3.05, 3.63) is 57.9 Å². The fourth-order valence-electron chi connectivity index (χ4n) is 3.24. The van der Waals surface area contributed by atoms with E-state index in [0.717, 1.165) is 16.5 Å². The molecule has 0 fully saturated rings. The molecule has 0 unspecified atom stereocenters. The summed E-state index contributed by atoms with van der Waals surface area (Å²) in [6.07, 6.45) is 0.493. The molecule has 7 heteroatoms. The van der Waals surface area contributed by atoms with Gasteiger partial charge in [0.2, 0.25) is 11.7 Å². The molecule has 2 N–H and O–H groups in total. The molecule has 0 aliphatic heterocycles. The molecule has 0 saturated heterocycles. The molecule has 0 aliphatic rings. The Morgan fingerprint density at radius 3 is 2.34 bits per heavy atom. The molecule has 0 atom stereocenters. The zero-order valence-electron chi connectivity index (χ0n) is 16.9. The fraction of sp³-hybridized carbons (Fsp3) is 0.273. The maximum absolute atomic E-state index is 12.4. The monoisotopic (exact) mass is 396 g/mol. The van der Waals surface area contributed by atoms with E-state index in [1.165, 1.54) is 21.3 Å². The normalized spacial score (nSPS) is 10.6. The Morgan fingerprint density at radius 2 is 1.72 bits per heavy atom. The summed E-state index contributed by atoms with van der Waals surface area (Å²) >= 11 is 0. The zero-order valence-corrected chi connectivity index (χ0v) is 16.9. The number of para-hydroxylation sites is 1. The molecule has 152 valence electrons. The molecular weight excluding hydrogens is 372 g/mol. The molecule has 1 amide bonds. The number of aryl methyl sites for hydroxylation is 2. The second kappa shape index (κ2) is 8.68. The smallest absolute Gasteiger partial charge is 0.251 e. The molecule has 0 bridgehead atoms. The molecule has 0 saturated carbocycles. The number of hydrogen-bond donors (Lipinski definition) is 2. The topological polar surface area (TPSA) is 89.7 Å². The first-order chi connectivity index (χ1) is 14.0. The highest BCUT2D eigenvalue weighted by Gasteiger charge is 2.15. The van der Waals surface area contributed by atoms with Gasteiger partial charge in [0.25, 0.3) is 5.56 Å². The van der Waals surface area contributed by atoms with Gasteiger partial charge < -0.3 is 24.5 Å². The number of fused-ring (bicyclic) bond motifs is 1. The highest BCUT2D eigenvalue weighted by Crippen LogP contribution is 2.39. The molecular formula is C22H24N2O5. The number of H-pyrrole nitrogens is 1. The SMILES string of the molecule is COc1cc(NC(=O)CCc2cc3cccc(C)c3[nH]c2=O)cc(OC)c1OC. The third kappa shape index (κ3) is 4.34. The lowest BCUT2D eigenvalue weighted by Crippen LogP contribution is -2.17. The maximum atomic E-state index is 12.4. The number of hydrogen-bond acceptors (Lipinski definition) is 5. The van der Waals surface area contributed by atoms with Gasteiger partial charge in [-0.05, 0) is 30.4 Å². The van der Waals surface area contributed by atoms with Crippen molar-refractivity contribution in [1.82, 2.24) is 4.98 Å². The van der Waals surface area contributed by atoms with Crippen molar-refractivity contribution < 1.29 is 19.0 Å². The maximum Gasteiger partial charge on any atom is 0.251 e. The number of carbonyl (C=O) groups is 1. The first-order valence-electron chi connectivity index (χ1n) is 9.18. The van der Waals surface area contributed by atoms with E-state index in [4.69, 9.17) is 14.2 Å². The van der Waals surface area contributed by atoms with E-state index in [-0.39, 0.29) is 17.9 Å². The van der Waals surface area contributed by atoms with E-state index in [1.807, 2.05) is 31.2 Å². The zero-order chi connectivity index (χ0) is 21.0. The largest absolute Gasteiger partial charge is 0.493 e. The van der Waals surface area contributed by atoms with Gasteiger partial charge >= 0.3 is 0 Å². The summed E-state index contributed by atoms with van der Waals surface area (Å²) < 4.78 is 15.9. The summed E-state index contributed by atoms with van der Waals surface area (Å²) in [7, 11) is 4.54. The van der Waals surface area contributed by atoms with Crippen LogP contribution in [0.3, 0.4) is 0 Å². The standard InChI is InChI=1S/C22H24N2O5/c1-13-6-5-7-14-10-15(22(26)24-20(13)14)8-9-19(25)23-16-11-17(27-2)21(29-4)18(12-16)28-3/h5-7,10-12H,8-9H2,1-4H3,(H,23,25)(H,24,26). The number of anilines is 1. The number of ether oxygens (including phenoxy) is 3. The summed E-state index contributed by atoms with van der Waals surface area (Å²) in [6, 6.07) is 11.0. The van der Waals surface area contributed by atoms with Crippen LogP contribution in [0.1, 0.15) is 17.5 Å². The van der Waals surface area contributed by atoms with Crippen LogP contribution in [0.5, 0.6) is 17.2 Å². The Bertz CT molecular complexity index is 1080. The van der Waals surface area contributed by atoms with E-state index in [0.29, 0.717) is 34.9 Å². The number of aromatic nitrogens is 1. The molecule has 0 spiro atoms. The van der Waals surface area contributed by atoms with Gasteiger partial charge in [-0.15, -0.1) is 0 Å². The molecule has 3 aromatic rings. The number of carbonyl (C=O) groups excluding carboxylic acids is 1. The second-order valence-electron chi connectivity index (χ2n) is 6.63. The van der Waals surface area contributed by atoms with E-state index in [1.54, 1.807) is 12.1 Å². The van der Waals surface area contributed by atoms with Crippen molar-refractivity contribution in [3.63, 3.8) is 0 Å². The van der Waals surface area contributed by atoms with Crippen LogP contribution in [0.15, 0.2) is 41.2 Å². The van der Waals surface area contributed by atoms with E-state index in [2.05, 4.69) is 10.3 Å². The van der Waals surface area contributed by atoms with Crippen LogP contribution in [0.25, 0.3) is 10.9 Å². The number of rotatable bonds is 7. The molecule has 1 aromatic heterocycles. The van der Waals surface area contributed by atoms with Gasteiger partial charge in [0.1, 0.15) is 0 Å². The Kier molecular flexibility index (Phi) is 6.07. The lowest BCUT2D eigenvalue weighted by atomic mass is 10.1. The molecule has 0 radical (unpaired) electrons. The highest BCUT2D eigenvalue weighted by atomic mass is 16.5. The van der Waals surface area contributed by atoms with Gasteiger partial charge in [0.15, 0.2) is 11.5 Å². The van der Waals surface area contributed by atoms with Gasteiger partial charge in [-0.3, -0.25) is 9.59 Å². The number of methoxy groups -OCH3 is 3. The van der Waals surface area contributed by atoms with Crippen LogP contribution in [0.2, 0.25) is 0 Å². The van der Waals surface area contributed by atoms with Gasteiger partial charge in [0.05, 0.1) is 26.8 Å². The third-order valence-corrected chi connectivity index (χ3v) is 4.73. The van der Waals surface area contributed by atoms with Crippen LogP contribution in [0.4, 0.5) is 5.69 Å². The van der Waals surface area contributed by atoms with Crippen LogP contribution >= 0.6 is 0 Å². The van der Waals surface area contributed by atoms with Crippen molar-refractivity contribution in [3.8, 4) is 17.2 Å². The van der Waals surface area contributed by atoms with E-state index < -0.39 is 0 Å². The Balaban J connectivity index is 1.74. The van der Waals surface area contributed by atoms with Crippen molar-refractivity contribution in [2.45, 2.75) is 19.8 Å². The summed E-state index contributed by atoms with van der Waals surface area (Å²) in [5.74, 6) is 1.13. The van der Waals surface area contributed by atoms with Gasteiger partial charge in [-0.25, -0.2) is 0 Å². The number of nitrogens with one attached hydrogen (secondary N) is 2. The minimum absolute atomic E-state index is 0.164. The summed E-state index contributed by atoms with van der Waals surface area (Å²) in [5, 5.41) is 3.76. The number of amides is 1. The van der Waals surface area contributed by atoms with E-state index >= 15 is 0 Å². The van der Waals surface area contributed by atoms with Crippen molar-refractivity contribution >= 4 is 22.5 Å². The minimum Gasteiger partial charge on any atom is -0.493 e. The number of aromatic amines is 1. The van der Waals surface area contributed by atoms with Crippen molar-refractivity contribution in [1.29, 1.82) is 0 Å². The third-order valence-electron chi connectivity index (χ3n) is 4.73. The van der Waals surface area contributed by atoms with E-state index in [9.17, 15) is 9.59 Å². The van der Waals surface area contributed by atoms with Crippen LogP contribution < -0.4 is 25.1 Å².